The molecule has 0 aromatic heterocycles. The summed E-state index contributed by atoms with van der Waals surface area (Å²) in [4.78, 5) is 4.51. The Morgan fingerprint density at radius 3 is 3.00 bits per heavy atom. The van der Waals surface area contributed by atoms with Gasteiger partial charge in [0.1, 0.15) is 0 Å². The molecule has 0 saturated carbocycles. The van der Waals surface area contributed by atoms with Crippen LogP contribution >= 0.6 is 27.7 Å². The van der Waals surface area contributed by atoms with Gasteiger partial charge < -0.3 is 5.32 Å². The molecule has 0 fully saturated rings. The normalized spacial score (nSPS) is 20.2. The number of thioether (sulfide) groups is 1. The van der Waals surface area contributed by atoms with Gasteiger partial charge in [0.25, 0.3) is 0 Å². The summed E-state index contributed by atoms with van der Waals surface area (Å²) in [6.07, 6.45) is 0. The standard InChI is InChI=1S/C11H13BrN2S/c1-7-6-15-11(13-7)14-10-5-3-4-9(12)8(10)2/h3-5,7H,6H2,1-2H3,(H,13,14). The molecule has 0 saturated heterocycles. The van der Waals surface area contributed by atoms with Crippen LogP contribution < -0.4 is 5.32 Å². The third kappa shape index (κ3) is 2.55. The minimum Gasteiger partial charge on any atom is -0.335 e. The molecule has 0 radical (unpaired) electrons. The number of rotatable bonds is 1. The topological polar surface area (TPSA) is 24.4 Å². The molecule has 1 heterocycles. The second kappa shape index (κ2) is 4.58. The SMILES string of the molecule is Cc1c(Br)cccc1NC1=NC(C)CS1. The number of hydrogen-bond donors (Lipinski definition) is 1. The zero-order valence-electron chi connectivity index (χ0n) is 8.75. The van der Waals surface area contributed by atoms with Crippen molar-refractivity contribution in [2.75, 3.05) is 11.1 Å². The van der Waals surface area contributed by atoms with Crippen molar-refractivity contribution in [2.24, 2.45) is 4.99 Å². The molecule has 2 nitrogen and oxygen atoms in total. The number of nitrogens with one attached hydrogen (secondary N) is 1. The van der Waals surface area contributed by atoms with E-state index < -0.39 is 0 Å². The first-order chi connectivity index (χ1) is 7.16. The van der Waals surface area contributed by atoms with Crippen molar-refractivity contribution >= 4 is 38.5 Å². The van der Waals surface area contributed by atoms with Gasteiger partial charge in [0.2, 0.25) is 0 Å². The lowest BCUT2D eigenvalue weighted by molar-refractivity contribution is 0.865. The van der Waals surface area contributed by atoms with E-state index in [0.717, 1.165) is 21.1 Å². The lowest BCUT2D eigenvalue weighted by Crippen LogP contribution is -2.06. The van der Waals surface area contributed by atoms with Gasteiger partial charge in [-0.25, -0.2) is 0 Å². The third-order valence-electron chi connectivity index (χ3n) is 2.31. The van der Waals surface area contributed by atoms with Crippen LogP contribution in [0, 0.1) is 6.92 Å². The molecule has 1 aliphatic heterocycles. The van der Waals surface area contributed by atoms with E-state index in [4.69, 9.17) is 0 Å². The van der Waals surface area contributed by atoms with E-state index in [1.165, 1.54) is 5.56 Å². The summed E-state index contributed by atoms with van der Waals surface area (Å²) < 4.78 is 1.13. The Labute approximate surface area is 103 Å². The highest BCUT2D eigenvalue weighted by atomic mass is 79.9. The Kier molecular flexibility index (Phi) is 3.36. The highest BCUT2D eigenvalue weighted by Gasteiger charge is 2.14. The van der Waals surface area contributed by atoms with E-state index in [1.807, 2.05) is 12.1 Å². The molecule has 1 aromatic carbocycles. The maximum atomic E-state index is 4.51. The summed E-state index contributed by atoms with van der Waals surface area (Å²) >= 11 is 5.30. The number of amidine groups is 1. The molecule has 1 atom stereocenters. The van der Waals surface area contributed by atoms with E-state index in [2.05, 4.69) is 46.2 Å². The summed E-state index contributed by atoms with van der Waals surface area (Å²) in [6.45, 7) is 4.23. The highest BCUT2D eigenvalue weighted by Crippen LogP contribution is 2.26. The quantitative estimate of drug-likeness (QED) is 0.851. The van der Waals surface area contributed by atoms with Crippen LogP contribution in [0.2, 0.25) is 0 Å². The van der Waals surface area contributed by atoms with Gasteiger partial charge in [0, 0.05) is 15.9 Å². The number of hydrogen-bond acceptors (Lipinski definition) is 3. The first-order valence-corrected chi connectivity index (χ1v) is 6.67. The number of benzene rings is 1. The van der Waals surface area contributed by atoms with Gasteiger partial charge in [-0.1, -0.05) is 33.8 Å². The van der Waals surface area contributed by atoms with Crippen LogP contribution in [0.5, 0.6) is 0 Å². The molecule has 0 amide bonds. The van der Waals surface area contributed by atoms with Gasteiger partial charge in [-0.3, -0.25) is 4.99 Å². The molecule has 1 unspecified atom stereocenters. The molecule has 2 rings (SSSR count). The molecular formula is C11H13BrN2S. The van der Waals surface area contributed by atoms with Gasteiger partial charge in [-0.2, -0.15) is 0 Å². The van der Waals surface area contributed by atoms with E-state index in [9.17, 15) is 0 Å². The Morgan fingerprint density at radius 1 is 1.53 bits per heavy atom. The Balaban J connectivity index is 2.18. The average molecular weight is 285 g/mol. The van der Waals surface area contributed by atoms with Crippen molar-refractivity contribution in [3.63, 3.8) is 0 Å². The second-order valence-corrected chi connectivity index (χ2v) is 5.49. The molecule has 0 aliphatic carbocycles. The predicted octanol–water partition coefficient (Wildman–Crippen LogP) is 3.66. The molecule has 80 valence electrons. The van der Waals surface area contributed by atoms with Gasteiger partial charge in [-0.05, 0) is 31.5 Å². The lowest BCUT2D eigenvalue weighted by Gasteiger charge is -2.09. The molecule has 0 bridgehead atoms. The van der Waals surface area contributed by atoms with Crippen LogP contribution in [0.3, 0.4) is 0 Å². The molecule has 4 heteroatoms. The maximum Gasteiger partial charge on any atom is 0.161 e. The van der Waals surface area contributed by atoms with Crippen molar-refractivity contribution in [3.8, 4) is 0 Å². The van der Waals surface area contributed by atoms with Crippen molar-refractivity contribution in [2.45, 2.75) is 19.9 Å². The molecule has 0 spiro atoms. The van der Waals surface area contributed by atoms with Crippen LogP contribution in [0.15, 0.2) is 27.7 Å². The fourth-order valence-electron chi connectivity index (χ4n) is 1.40. The monoisotopic (exact) mass is 284 g/mol. The number of nitrogens with zero attached hydrogens (tertiary/aromatic N) is 1. The highest BCUT2D eigenvalue weighted by molar-refractivity contribution is 9.10. The van der Waals surface area contributed by atoms with Gasteiger partial charge in [0.15, 0.2) is 5.17 Å². The van der Waals surface area contributed by atoms with E-state index in [-0.39, 0.29) is 0 Å². The summed E-state index contributed by atoms with van der Waals surface area (Å²) in [7, 11) is 0. The number of halogens is 1. The van der Waals surface area contributed by atoms with Crippen LogP contribution in [0.4, 0.5) is 5.69 Å². The van der Waals surface area contributed by atoms with E-state index in [0.29, 0.717) is 6.04 Å². The minimum atomic E-state index is 0.435. The second-order valence-electron chi connectivity index (χ2n) is 3.63. The summed E-state index contributed by atoms with van der Waals surface area (Å²) in [5.74, 6) is 1.08. The van der Waals surface area contributed by atoms with Crippen LogP contribution in [-0.2, 0) is 0 Å². The molecule has 1 aliphatic rings. The largest absolute Gasteiger partial charge is 0.335 e. The van der Waals surface area contributed by atoms with Gasteiger partial charge in [-0.15, -0.1) is 0 Å². The Bertz CT molecular complexity index is 404. The molecular weight excluding hydrogens is 272 g/mol. The Morgan fingerprint density at radius 2 is 2.33 bits per heavy atom. The Hall–Kier alpha value is -0.480. The fraction of sp³-hybridized carbons (Fsp3) is 0.364. The number of anilines is 1. The van der Waals surface area contributed by atoms with E-state index in [1.54, 1.807) is 11.8 Å². The minimum absolute atomic E-state index is 0.435. The van der Waals surface area contributed by atoms with Gasteiger partial charge in [0.05, 0.1) is 6.04 Å². The lowest BCUT2D eigenvalue weighted by atomic mass is 10.2. The predicted molar refractivity (Wildman–Crippen MR) is 71.9 cm³/mol. The molecule has 1 N–H and O–H groups in total. The smallest absolute Gasteiger partial charge is 0.161 e. The average Bonchev–Trinajstić information content (AvgIpc) is 2.59. The molecule has 15 heavy (non-hydrogen) atoms. The van der Waals surface area contributed by atoms with Crippen molar-refractivity contribution < 1.29 is 0 Å². The zero-order chi connectivity index (χ0) is 10.8. The fourth-order valence-corrected chi connectivity index (χ4v) is 2.68. The third-order valence-corrected chi connectivity index (χ3v) is 4.30. The first kappa shape index (κ1) is 11.0. The first-order valence-electron chi connectivity index (χ1n) is 4.89. The summed E-state index contributed by atoms with van der Waals surface area (Å²) in [6, 6.07) is 6.59. The summed E-state index contributed by atoms with van der Waals surface area (Å²) in [5.41, 5.74) is 2.35. The van der Waals surface area contributed by atoms with Crippen LogP contribution in [0.25, 0.3) is 0 Å². The van der Waals surface area contributed by atoms with E-state index >= 15 is 0 Å². The number of aliphatic imine (C=N–C) groups is 1. The van der Waals surface area contributed by atoms with Crippen molar-refractivity contribution in [1.29, 1.82) is 0 Å². The van der Waals surface area contributed by atoms with Crippen molar-refractivity contribution in [3.05, 3.63) is 28.2 Å². The van der Waals surface area contributed by atoms with Crippen molar-refractivity contribution in [1.82, 2.24) is 0 Å². The summed E-state index contributed by atoms with van der Waals surface area (Å²) in [5, 5.41) is 4.39. The van der Waals surface area contributed by atoms with Gasteiger partial charge >= 0.3 is 0 Å². The maximum absolute atomic E-state index is 4.51. The molecule has 1 aromatic rings. The van der Waals surface area contributed by atoms with Crippen LogP contribution in [0.1, 0.15) is 12.5 Å². The van der Waals surface area contributed by atoms with Crippen LogP contribution in [-0.4, -0.2) is 17.0 Å². The zero-order valence-corrected chi connectivity index (χ0v) is 11.2.